The lowest BCUT2D eigenvalue weighted by molar-refractivity contribution is 0.158. The Balaban J connectivity index is 1.57. The number of urea groups is 1. The first kappa shape index (κ1) is 21.8. The Labute approximate surface area is 196 Å². The highest BCUT2D eigenvalue weighted by molar-refractivity contribution is 5.87. The third kappa shape index (κ3) is 3.92. The summed E-state index contributed by atoms with van der Waals surface area (Å²) in [6, 6.07) is 12.2. The smallest absolute Gasteiger partial charge is 0.322 e. The van der Waals surface area contributed by atoms with E-state index in [9.17, 15) is 4.79 Å². The summed E-state index contributed by atoms with van der Waals surface area (Å²) >= 11 is 0. The van der Waals surface area contributed by atoms with E-state index < -0.39 is 6.04 Å². The molecule has 1 aromatic heterocycles. The van der Waals surface area contributed by atoms with Gasteiger partial charge in [-0.05, 0) is 42.8 Å². The van der Waals surface area contributed by atoms with Crippen molar-refractivity contribution in [2.45, 2.75) is 13.0 Å². The van der Waals surface area contributed by atoms with E-state index >= 15 is 0 Å². The molecular formula is C24H24N4O6. The molecule has 2 aliphatic rings. The maximum atomic E-state index is 13.0. The van der Waals surface area contributed by atoms with Gasteiger partial charge in [0.25, 0.3) is 5.89 Å². The van der Waals surface area contributed by atoms with Gasteiger partial charge in [0.05, 0.1) is 31.9 Å². The third-order valence-electron chi connectivity index (χ3n) is 5.83. The summed E-state index contributed by atoms with van der Waals surface area (Å²) in [6.45, 7) is 2.81. The highest BCUT2D eigenvalue weighted by Gasteiger charge is 2.36. The van der Waals surface area contributed by atoms with Gasteiger partial charge in [-0.1, -0.05) is 17.3 Å². The fourth-order valence-electron chi connectivity index (χ4n) is 4.07. The maximum Gasteiger partial charge on any atom is 0.322 e. The minimum absolute atomic E-state index is 0.182. The Morgan fingerprint density at radius 3 is 2.82 bits per heavy atom. The second-order valence-corrected chi connectivity index (χ2v) is 7.79. The number of hydrogen-bond donors (Lipinski definition) is 1. The molecule has 3 aromatic rings. The molecule has 0 bridgehead atoms. The SMILES string of the molecule is COCCN1C(=O)NC(c2cccc(OC)c2)C(c2nc(-c3ccc4c(c3)OCO4)no2)=C1C. The number of allylic oxidation sites excluding steroid dienone is 1. The second kappa shape index (κ2) is 9.06. The molecule has 1 N–H and O–H groups in total. The van der Waals surface area contributed by atoms with E-state index in [2.05, 4.69) is 15.5 Å². The summed E-state index contributed by atoms with van der Waals surface area (Å²) in [4.78, 5) is 19.2. The van der Waals surface area contributed by atoms with Crippen LogP contribution in [0.4, 0.5) is 4.79 Å². The highest BCUT2D eigenvalue weighted by atomic mass is 16.7. The predicted molar refractivity (Wildman–Crippen MR) is 121 cm³/mol. The van der Waals surface area contributed by atoms with Crippen LogP contribution in [0.15, 0.2) is 52.7 Å². The molecule has 0 saturated carbocycles. The van der Waals surface area contributed by atoms with E-state index in [0.29, 0.717) is 53.4 Å². The quantitative estimate of drug-likeness (QED) is 0.565. The van der Waals surface area contributed by atoms with Crippen molar-refractivity contribution in [3.63, 3.8) is 0 Å². The first-order valence-electron chi connectivity index (χ1n) is 10.7. The van der Waals surface area contributed by atoms with Crippen LogP contribution in [0.2, 0.25) is 0 Å². The van der Waals surface area contributed by atoms with Gasteiger partial charge < -0.3 is 28.8 Å². The molecule has 0 radical (unpaired) electrons. The van der Waals surface area contributed by atoms with Crippen LogP contribution >= 0.6 is 0 Å². The lowest BCUT2D eigenvalue weighted by Crippen LogP contribution is -2.47. The van der Waals surface area contributed by atoms with Crippen molar-refractivity contribution in [3.05, 3.63) is 59.6 Å². The van der Waals surface area contributed by atoms with Crippen LogP contribution in [0.1, 0.15) is 24.4 Å². The number of nitrogens with one attached hydrogen (secondary N) is 1. The molecule has 2 aliphatic heterocycles. The summed E-state index contributed by atoms with van der Waals surface area (Å²) in [7, 11) is 3.19. The van der Waals surface area contributed by atoms with Gasteiger partial charge in [0.1, 0.15) is 5.75 Å². The fourth-order valence-corrected chi connectivity index (χ4v) is 4.07. The third-order valence-corrected chi connectivity index (χ3v) is 5.83. The minimum Gasteiger partial charge on any atom is -0.497 e. The molecule has 34 heavy (non-hydrogen) atoms. The molecule has 0 fully saturated rings. The summed E-state index contributed by atoms with van der Waals surface area (Å²) in [5.41, 5.74) is 2.96. The van der Waals surface area contributed by atoms with Crippen molar-refractivity contribution in [3.8, 4) is 28.6 Å². The lowest BCUT2D eigenvalue weighted by Gasteiger charge is -2.35. The van der Waals surface area contributed by atoms with E-state index in [1.165, 1.54) is 0 Å². The van der Waals surface area contributed by atoms with Crippen LogP contribution in [0.3, 0.4) is 0 Å². The summed E-state index contributed by atoms with van der Waals surface area (Å²) < 4.78 is 27.1. The van der Waals surface area contributed by atoms with Crippen LogP contribution in [0, 0.1) is 0 Å². The average molecular weight is 464 g/mol. The first-order chi connectivity index (χ1) is 16.6. The standard InChI is InChI=1S/C24H24N4O6/c1-14-20(23-26-22(27-34-23)16-7-8-18-19(12-16)33-13-32-18)21(15-5-4-6-17(11-15)31-3)25-24(29)28(14)9-10-30-2/h4-8,11-12,21H,9-10,13H2,1-3H3,(H,25,29). The van der Waals surface area contributed by atoms with Crippen LogP contribution in [-0.2, 0) is 4.74 Å². The van der Waals surface area contributed by atoms with Crippen LogP contribution in [-0.4, -0.2) is 55.2 Å². The average Bonchev–Trinajstić information content (AvgIpc) is 3.53. The number of ether oxygens (including phenoxy) is 4. The van der Waals surface area contributed by atoms with Gasteiger partial charge in [0.2, 0.25) is 12.6 Å². The largest absolute Gasteiger partial charge is 0.497 e. The Morgan fingerprint density at radius 1 is 1.15 bits per heavy atom. The Bertz CT molecular complexity index is 1250. The number of amides is 2. The van der Waals surface area contributed by atoms with Gasteiger partial charge in [0, 0.05) is 18.4 Å². The number of benzene rings is 2. The zero-order valence-corrected chi connectivity index (χ0v) is 19.0. The number of methoxy groups -OCH3 is 2. The normalized spacial score (nSPS) is 17.2. The number of carbonyl (C=O) groups excluding carboxylic acids is 1. The highest BCUT2D eigenvalue weighted by Crippen LogP contribution is 2.39. The van der Waals surface area contributed by atoms with Crippen molar-refractivity contribution < 1.29 is 28.3 Å². The molecule has 10 nitrogen and oxygen atoms in total. The van der Waals surface area contributed by atoms with Crippen molar-refractivity contribution in [1.29, 1.82) is 0 Å². The molecule has 0 spiro atoms. The molecule has 0 aliphatic carbocycles. The van der Waals surface area contributed by atoms with Gasteiger partial charge >= 0.3 is 6.03 Å². The van der Waals surface area contributed by atoms with Gasteiger partial charge in [-0.3, -0.25) is 4.90 Å². The van der Waals surface area contributed by atoms with Crippen LogP contribution < -0.4 is 19.5 Å². The number of nitrogens with zero attached hydrogens (tertiary/aromatic N) is 3. The Hall–Kier alpha value is -4.05. The van der Waals surface area contributed by atoms with E-state index in [-0.39, 0.29) is 12.8 Å². The number of aromatic nitrogens is 2. The maximum absolute atomic E-state index is 13.0. The molecule has 3 heterocycles. The molecule has 2 aromatic carbocycles. The lowest BCUT2D eigenvalue weighted by atomic mass is 9.94. The monoisotopic (exact) mass is 464 g/mol. The number of hydrogen-bond acceptors (Lipinski definition) is 8. The van der Waals surface area contributed by atoms with E-state index in [1.54, 1.807) is 19.1 Å². The van der Waals surface area contributed by atoms with Gasteiger partial charge in [-0.15, -0.1) is 0 Å². The molecule has 176 valence electrons. The van der Waals surface area contributed by atoms with Gasteiger partial charge in [0.15, 0.2) is 11.5 Å². The summed E-state index contributed by atoms with van der Waals surface area (Å²) in [6.07, 6.45) is 0. The van der Waals surface area contributed by atoms with Crippen molar-refractivity contribution >= 4 is 11.6 Å². The molecule has 1 atom stereocenters. The second-order valence-electron chi connectivity index (χ2n) is 7.79. The summed E-state index contributed by atoms with van der Waals surface area (Å²) in [5.74, 6) is 2.69. The van der Waals surface area contributed by atoms with E-state index in [0.717, 1.165) is 11.1 Å². The topological polar surface area (TPSA) is 108 Å². The van der Waals surface area contributed by atoms with Crippen molar-refractivity contribution in [2.24, 2.45) is 0 Å². The predicted octanol–water partition coefficient (Wildman–Crippen LogP) is 3.62. The molecule has 5 rings (SSSR count). The Kier molecular flexibility index (Phi) is 5.81. The van der Waals surface area contributed by atoms with Gasteiger partial charge in [-0.25, -0.2) is 4.79 Å². The van der Waals surface area contributed by atoms with Gasteiger partial charge in [-0.2, -0.15) is 4.98 Å². The molecule has 1 unspecified atom stereocenters. The zero-order chi connectivity index (χ0) is 23.7. The molecule has 0 saturated heterocycles. The Morgan fingerprint density at radius 2 is 2.00 bits per heavy atom. The fraction of sp³-hybridized carbons (Fsp3) is 0.292. The first-order valence-corrected chi connectivity index (χ1v) is 10.7. The molecular weight excluding hydrogens is 440 g/mol. The van der Waals surface area contributed by atoms with Crippen LogP contribution in [0.5, 0.6) is 17.2 Å². The van der Waals surface area contributed by atoms with E-state index in [1.807, 2.05) is 49.4 Å². The number of carbonyl (C=O) groups is 1. The van der Waals surface area contributed by atoms with E-state index in [4.69, 9.17) is 23.5 Å². The van der Waals surface area contributed by atoms with Crippen LogP contribution in [0.25, 0.3) is 17.0 Å². The van der Waals surface area contributed by atoms with Crippen molar-refractivity contribution in [2.75, 3.05) is 34.2 Å². The number of rotatable bonds is 7. The summed E-state index contributed by atoms with van der Waals surface area (Å²) in [5, 5.41) is 7.25. The zero-order valence-electron chi connectivity index (χ0n) is 19.0. The molecule has 2 amide bonds. The number of fused-ring (bicyclic) bond motifs is 1. The van der Waals surface area contributed by atoms with Crippen molar-refractivity contribution in [1.82, 2.24) is 20.4 Å². The molecule has 10 heteroatoms. The minimum atomic E-state index is -0.508.